The van der Waals surface area contributed by atoms with Crippen molar-refractivity contribution in [1.29, 1.82) is 0 Å². The summed E-state index contributed by atoms with van der Waals surface area (Å²) in [5, 5.41) is 7.69. The zero-order chi connectivity index (χ0) is 25.8. The van der Waals surface area contributed by atoms with Crippen molar-refractivity contribution in [3.63, 3.8) is 0 Å². The number of fused-ring (bicyclic) bond motifs is 2. The molecule has 5 aromatic rings. The first-order chi connectivity index (χ1) is 18.0. The summed E-state index contributed by atoms with van der Waals surface area (Å²) in [7, 11) is 1.50. The number of amides is 1. The number of nitrogens with one attached hydrogen (secondary N) is 1. The van der Waals surface area contributed by atoms with Crippen LogP contribution in [-0.4, -0.2) is 25.2 Å². The molecule has 0 spiro atoms. The number of hydrogen-bond donors (Lipinski definition) is 1. The van der Waals surface area contributed by atoms with E-state index in [1.54, 1.807) is 30.3 Å². The van der Waals surface area contributed by atoms with Crippen LogP contribution >= 0.6 is 15.9 Å². The molecule has 0 fully saturated rings. The molecule has 1 N–H and O–H groups in total. The first kappa shape index (κ1) is 24.2. The highest BCUT2D eigenvalue weighted by molar-refractivity contribution is 9.10. The van der Waals surface area contributed by atoms with E-state index in [0.717, 1.165) is 26.0 Å². The lowest BCUT2D eigenvalue weighted by atomic mass is 10.0. The van der Waals surface area contributed by atoms with E-state index in [1.807, 2.05) is 66.7 Å². The Morgan fingerprint density at radius 3 is 2.24 bits per heavy atom. The number of carbonyl (C=O) groups excluding carboxylic acids is 2. The second kappa shape index (κ2) is 10.6. The Morgan fingerprint density at radius 1 is 0.784 bits per heavy atom. The van der Waals surface area contributed by atoms with E-state index in [9.17, 15) is 9.59 Å². The Hall–Kier alpha value is -4.49. The lowest BCUT2D eigenvalue weighted by Crippen LogP contribution is -2.18. The first-order valence-corrected chi connectivity index (χ1v) is 12.2. The smallest absolute Gasteiger partial charge is 0.344 e. The van der Waals surface area contributed by atoms with Crippen molar-refractivity contribution in [1.82, 2.24) is 5.43 Å². The van der Waals surface area contributed by atoms with Gasteiger partial charge in [-0.3, -0.25) is 4.79 Å². The van der Waals surface area contributed by atoms with Crippen LogP contribution in [0, 0.1) is 0 Å². The first-order valence-electron chi connectivity index (χ1n) is 11.4. The third-order valence-electron chi connectivity index (χ3n) is 5.91. The summed E-state index contributed by atoms with van der Waals surface area (Å²) in [6.07, 6.45) is 1.48. The van der Waals surface area contributed by atoms with Gasteiger partial charge in [-0.25, -0.2) is 10.2 Å². The highest BCUT2D eigenvalue weighted by Crippen LogP contribution is 2.29. The molecule has 0 aromatic heterocycles. The Kier molecular flexibility index (Phi) is 6.96. The second-order valence-corrected chi connectivity index (χ2v) is 9.07. The summed E-state index contributed by atoms with van der Waals surface area (Å²) in [6, 6.07) is 29.6. The number of ether oxygens (including phenoxy) is 2. The summed E-state index contributed by atoms with van der Waals surface area (Å²) in [6.45, 7) is 0. The van der Waals surface area contributed by atoms with Gasteiger partial charge in [-0.2, -0.15) is 5.10 Å². The van der Waals surface area contributed by atoms with E-state index in [4.69, 9.17) is 9.47 Å². The molecule has 5 rings (SSSR count). The van der Waals surface area contributed by atoms with Crippen molar-refractivity contribution < 1.29 is 19.1 Å². The van der Waals surface area contributed by atoms with Crippen LogP contribution in [0.25, 0.3) is 21.5 Å². The fraction of sp³-hybridized carbons (Fsp3) is 0.0333. The molecule has 0 radical (unpaired) electrons. The molecule has 0 aliphatic carbocycles. The molecule has 1 amide bonds. The highest BCUT2D eigenvalue weighted by Gasteiger charge is 2.16. The molecule has 182 valence electrons. The van der Waals surface area contributed by atoms with E-state index in [-0.39, 0.29) is 0 Å². The van der Waals surface area contributed by atoms with Gasteiger partial charge in [0.1, 0.15) is 11.5 Å². The summed E-state index contributed by atoms with van der Waals surface area (Å²) in [4.78, 5) is 26.0. The molecule has 0 heterocycles. The van der Waals surface area contributed by atoms with Gasteiger partial charge >= 0.3 is 5.97 Å². The number of hydrazone groups is 1. The fourth-order valence-electron chi connectivity index (χ4n) is 4.13. The number of halogens is 1. The molecule has 0 aliphatic rings. The lowest BCUT2D eigenvalue weighted by Gasteiger charge is -2.12. The van der Waals surface area contributed by atoms with Crippen LogP contribution in [-0.2, 0) is 0 Å². The van der Waals surface area contributed by atoms with Crippen molar-refractivity contribution in [2.45, 2.75) is 0 Å². The molecule has 0 saturated carbocycles. The predicted octanol–water partition coefficient (Wildman–Crippen LogP) is 6.75. The zero-order valence-electron chi connectivity index (χ0n) is 19.8. The molecule has 6 nitrogen and oxygen atoms in total. The molecular weight excluding hydrogens is 532 g/mol. The quantitative estimate of drug-likeness (QED) is 0.109. The number of hydrogen-bond acceptors (Lipinski definition) is 5. The molecule has 0 saturated heterocycles. The summed E-state index contributed by atoms with van der Waals surface area (Å²) >= 11 is 3.37. The molecule has 37 heavy (non-hydrogen) atoms. The van der Waals surface area contributed by atoms with Crippen LogP contribution in [0.4, 0.5) is 0 Å². The average Bonchev–Trinajstić information content (AvgIpc) is 2.93. The van der Waals surface area contributed by atoms with E-state index in [1.165, 1.54) is 13.3 Å². The molecular formula is C30H21BrN2O4. The molecule has 7 heteroatoms. The van der Waals surface area contributed by atoms with Gasteiger partial charge in [-0.05, 0) is 51.9 Å². The maximum absolute atomic E-state index is 13.2. The van der Waals surface area contributed by atoms with Crippen molar-refractivity contribution in [3.05, 3.63) is 118 Å². The Balaban J connectivity index is 1.47. The van der Waals surface area contributed by atoms with E-state index in [0.29, 0.717) is 28.2 Å². The van der Waals surface area contributed by atoms with Gasteiger partial charge in [0, 0.05) is 10.0 Å². The zero-order valence-corrected chi connectivity index (χ0v) is 21.4. The summed E-state index contributed by atoms with van der Waals surface area (Å²) in [5.74, 6) is -0.172. The van der Waals surface area contributed by atoms with Crippen LogP contribution < -0.4 is 14.9 Å². The van der Waals surface area contributed by atoms with Gasteiger partial charge in [0.15, 0.2) is 0 Å². The van der Waals surface area contributed by atoms with Gasteiger partial charge in [0.25, 0.3) is 5.91 Å². The maximum Gasteiger partial charge on any atom is 0.344 e. The third kappa shape index (κ3) is 5.08. The minimum Gasteiger partial charge on any atom is -0.496 e. The number of carbonyl (C=O) groups is 2. The summed E-state index contributed by atoms with van der Waals surface area (Å²) in [5.41, 5.74) is 3.89. The van der Waals surface area contributed by atoms with Gasteiger partial charge in [-0.15, -0.1) is 0 Å². The van der Waals surface area contributed by atoms with E-state index >= 15 is 0 Å². The molecule has 0 aliphatic heterocycles. The Labute approximate surface area is 221 Å². The molecule has 0 unspecified atom stereocenters. The number of benzene rings is 5. The number of rotatable bonds is 6. The molecule has 5 aromatic carbocycles. The molecule has 0 bridgehead atoms. The normalized spacial score (nSPS) is 11.1. The lowest BCUT2D eigenvalue weighted by molar-refractivity contribution is 0.0736. The van der Waals surface area contributed by atoms with Crippen LogP contribution in [0.3, 0.4) is 0 Å². The van der Waals surface area contributed by atoms with Gasteiger partial charge in [0.2, 0.25) is 0 Å². The van der Waals surface area contributed by atoms with Crippen molar-refractivity contribution in [2.24, 2.45) is 5.10 Å². The average molecular weight is 553 g/mol. The molecule has 0 atom stereocenters. The number of esters is 1. The fourth-order valence-corrected chi connectivity index (χ4v) is 4.49. The minimum atomic E-state index is -0.482. The number of nitrogens with zero attached hydrogens (tertiary/aromatic N) is 1. The predicted molar refractivity (Wildman–Crippen MR) is 149 cm³/mol. The van der Waals surface area contributed by atoms with E-state index < -0.39 is 11.9 Å². The Morgan fingerprint density at radius 2 is 1.46 bits per heavy atom. The van der Waals surface area contributed by atoms with Crippen LogP contribution in [0.15, 0.2) is 107 Å². The standard InChI is InChI=1S/C30H21BrN2O4/c1-36-27-16-14-21(31)17-25(27)29(34)33-32-18-26-23-11-5-3-8-20(23)13-15-28(26)37-30(35)24-12-6-9-19-7-2-4-10-22(19)24/h2-18H,1H3,(H,33,34)/b32-18-. The van der Waals surface area contributed by atoms with E-state index in [2.05, 4.69) is 26.5 Å². The van der Waals surface area contributed by atoms with Gasteiger partial charge in [0.05, 0.1) is 24.5 Å². The van der Waals surface area contributed by atoms with Crippen LogP contribution in [0.5, 0.6) is 11.5 Å². The summed E-state index contributed by atoms with van der Waals surface area (Å²) < 4.78 is 11.9. The third-order valence-corrected chi connectivity index (χ3v) is 6.40. The number of methoxy groups -OCH3 is 1. The van der Waals surface area contributed by atoms with Crippen LogP contribution in [0.1, 0.15) is 26.3 Å². The Bertz CT molecular complexity index is 1670. The highest BCUT2D eigenvalue weighted by atomic mass is 79.9. The van der Waals surface area contributed by atoms with Gasteiger partial charge < -0.3 is 9.47 Å². The van der Waals surface area contributed by atoms with Gasteiger partial charge in [-0.1, -0.05) is 82.7 Å². The van der Waals surface area contributed by atoms with Crippen molar-refractivity contribution in [2.75, 3.05) is 7.11 Å². The second-order valence-electron chi connectivity index (χ2n) is 8.16. The largest absolute Gasteiger partial charge is 0.496 e. The van der Waals surface area contributed by atoms with Crippen LogP contribution in [0.2, 0.25) is 0 Å². The van der Waals surface area contributed by atoms with Crippen molar-refractivity contribution >= 4 is 55.6 Å². The van der Waals surface area contributed by atoms with Crippen molar-refractivity contribution in [3.8, 4) is 11.5 Å². The SMILES string of the molecule is COc1ccc(Br)cc1C(=O)N/N=C\c1c(OC(=O)c2cccc3ccccc23)ccc2ccccc12. The minimum absolute atomic E-state index is 0.328. The topological polar surface area (TPSA) is 77.0 Å². The maximum atomic E-state index is 13.2. The monoisotopic (exact) mass is 552 g/mol.